The summed E-state index contributed by atoms with van der Waals surface area (Å²) in [6.07, 6.45) is 1.81. The minimum Gasteiger partial charge on any atom is -0.454 e. The van der Waals surface area contributed by atoms with Gasteiger partial charge in [-0.15, -0.1) is 6.58 Å². The summed E-state index contributed by atoms with van der Waals surface area (Å²) in [7, 11) is 0. The molecule has 0 radical (unpaired) electrons. The molecule has 4 rings (SSSR count). The van der Waals surface area contributed by atoms with Crippen LogP contribution in [-0.4, -0.2) is 17.3 Å². The largest absolute Gasteiger partial charge is 0.454 e. The lowest BCUT2D eigenvalue weighted by molar-refractivity contribution is 0.0997. The van der Waals surface area contributed by atoms with Crippen molar-refractivity contribution < 1.29 is 14.3 Å². The van der Waals surface area contributed by atoms with Gasteiger partial charge in [0, 0.05) is 12.1 Å². The molecule has 0 atom stereocenters. The van der Waals surface area contributed by atoms with E-state index >= 15 is 0 Å². The molecule has 5 nitrogen and oxygen atoms in total. The van der Waals surface area contributed by atoms with E-state index in [4.69, 9.17) is 9.47 Å². The van der Waals surface area contributed by atoms with Crippen LogP contribution in [0.25, 0.3) is 10.2 Å². The first-order valence-electron chi connectivity index (χ1n) is 8.27. The molecular weight excluding hydrogens is 348 g/mol. The fraction of sp³-hybridized carbons (Fsp3) is 0.200. The lowest BCUT2D eigenvalue weighted by atomic mass is 10.1. The summed E-state index contributed by atoms with van der Waals surface area (Å²) in [5, 5.41) is 0. The van der Waals surface area contributed by atoms with Crippen LogP contribution in [0.4, 0.5) is 0 Å². The Labute approximate surface area is 154 Å². The van der Waals surface area contributed by atoms with Crippen LogP contribution >= 0.6 is 11.3 Å². The third-order valence-corrected chi connectivity index (χ3v) is 5.47. The number of rotatable bonds is 3. The quantitative estimate of drug-likeness (QED) is 0.659. The van der Waals surface area contributed by atoms with E-state index in [0.29, 0.717) is 28.4 Å². The number of aromatic nitrogens is 1. The van der Waals surface area contributed by atoms with Crippen LogP contribution in [0.5, 0.6) is 11.5 Å². The summed E-state index contributed by atoms with van der Waals surface area (Å²) in [6, 6.07) is 9.38. The Morgan fingerprint density at radius 2 is 2.08 bits per heavy atom. The normalized spacial score (nSPS) is 13.4. The van der Waals surface area contributed by atoms with Gasteiger partial charge in [-0.1, -0.05) is 23.5 Å². The van der Waals surface area contributed by atoms with Crippen LogP contribution in [0.1, 0.15) is 21.5 Å². The summed E-state index contributed by atoms with van der Waals surface area (Å²) in [6.45, 7) is 8.75. The van der Waals surface area contributed by atoms with Crippen molar-refractivity contribution in [2.45, 2.75) is 20.4 Å². The maximum Gasteiger partial charge on any atom is 0.279 e. The fourth-order valence-electron chi connectivity index (χ4n) is 3.08. The van der Waals surface area contributed by atoms with Gasteiger partial charge < -0.3 is 14.0 Å². The van der Waals surface area contributed by atoms with Gasteiger partial charge >= 0.3 is 0 Å². The van der Waals surface area contributed by atoms with E-state index in [1.807, 2.05) is 10.6 Å². The average molecular weight is 366 g/mol. The van der Waals surface area contributed by atoms with Crippen molar-refractivity contribution in [1.82, 2.24) is 4.57 Å². The number of hydrogen-bond acceptors (Lipinski definition) is 4. The molecule has 0 fully saturated rings. The maximum absolute atomic E-state index is 12.7. The second-order valence-corrected chi connectivity index (χ2v) is 7.18. The van der Waals surface area contributed by atoms with Gasteiger partial charge in [-0.2, -0.15) is 4.99 Å². The van der Waals surface area contributed by atoms with E-state index in [0.717, 1.165) is 10.2 Å². The Morgan fingerprint density at radius 3 is 2.88 bits per heavy atom. The lowest BCUT2D eigenvalue weighted by Crippen LogP contribution is -2.16. The summed E-state index contributed by atoms with van der Waals surface area (Å²) in [5.74, 6) is 0.922. The molecule has 0 aliphatic carbocycles. The number of carbonyl (C=O) groups is 1. The molecule has 6 heteroatoms. The third kappa shape index (κ3) is 2.82. The smallest absolute Gasteiger partial charge is 0.279 e. The van der Waals surface area contributed by atoms with Crippen molar-refractivity contribution >= 4 is 27.5 Å². The van der Waals surface area contributed by atoms with E-state index in [9.17, 15) is 4.79 Å². The first-order chi connectivity index (χ1) is 12.6. The second kappa shape index (κ2) is 6.46. The van der Waals surface area contributed by atoms with Crippen molar-refractivity contribution in [3.63, 3.8) is 0 Å². The van der Waals surface area contributed by atoms with Gasteiger partial charge in [0.1, 0.15) is 0 Å². The molecule has 1 aliphatic rings. The number of hydrogen-bond donors (Lipinski definition) is 0. The number of nitrogens with zero attached hydrogens (tertiary/aromatic N) is 2. The zero-order valence-electron chi connectivity index (χ0n) is 14.6. The highest BCUT2D eigenvalue weighted by molar-refractivity contribution is 7.16. The Bertz CT molecular complexity index is 1110. The highest BCUT2D eigenvalue weighted by Crippen LogP contribution is 2.32. The first-order valence-corrected chi connectivity index (χ1v) is 9.08. The zero-order chi connectivity index (χ0) is 18.3. The summed E-state index contributed by atoms with van der Waals surface area (Å²) in [4.78, 5) is 17.7. The SMILES string of the molecule is C=CCn1c(=NC(=O)c2ccc3c(c2)OCO3)sc2c(C)cc(C)cc21. The Morgan fingerprint density at radius 1 is 1.27 bits per heavy atom. The van der Waals surface area contributed by atoms with Gasteiger partial charge in [0.15, 0.2) is 16.3 Å². The van der Waals surface area contributed by atoms with Crippen LogP contribution in [-0.2, 0) is 6.54 Å². The van der Waals surface area contributed by atoms with Gasteiger partial charge in [-0.05, 0) is 49.2 Å². The average Bonchev–Trinajstić information content (AvgIpc) is 3.20. The number of aryl methyl sites for hydroxylation is 2. The molecule has 2 aromatic carbocycles. The zero-order valence-corrected chi connectivity index (χ0v) is 15.4. The first kappa shape index (κ1) is 16.6. The molecule has 0 saturated heterocycles. The molecule has 3 aromatic rings. The lowest BCUT2D eigenvalue weighted by Gasteiger charge is -2.03. The van der Waals surface area contributed by atoms with Crippen molar-refractivity contribution in [1.29, 1.82) is 0 Å². The van der Waals surface area contributed by atoms with Crippen molar-refractivity contribution in [3.8, 4) is 11.5 Å². The summed E-state index contributed by atoms with van der Waals surface area (Å²) < 4.78 is 13.8. The van der Waals surface area contributed by atoms with Gasteiger partial charge in [-0.3, -0.25) is 4.79 Å². The topological polar surface area (TPSA) is 52.8 Å². The number of ether oxygens (including phenoxy) is 2. The molecule has 2 heterocycles. The highest BCUT2D eigenvalue weighted by atomic mass is 32.1. The molecule has 0 N–H and O–H groups in total. The summed E-state index contributed by atoms with van der Waals surface area (Å²) >= 11 is 1.52. The van der Waals surface area contributed by atoms with Crippen LogP contribution in [0.3, 0.4) is 0 Å². The summed E-state index contributed by atoms with van der Waals surface area (Å²) in [5.41, 5.74) is 3.91. The fourth-order valence-corrected chi connectivity index (χ4v) is 4.17. The molecule has 0 saturated carbocycles. The minimum absolute atomic E-state index is 0.179. The number of allylic oxidation sites excluding steroid dienone is 1. The number of benzene rings is 2. The Hall–Kier alpha value is -2.86. The molecule has 26 heavy (non-hydrogen) atoms. The second-order valence-electron chi connectivity index (χ2n) is 6.20. The van der Waals surface area contributed by atoms with Crippen LogP contribution in [0, 0.1) is 13.8 Å². The predicted molar refractivity (Wildman–Crippen MR) is 102 cm³/mol. The van der Waals surface area contributed by atoms with E-state index in [2.05, 4.69) is 37.6 Å². The van der Waals surface area contributed by atoms with Crippen LogP contribution in [0.2, 0.25) is 0 Å². The van der Waals surface area contributed by atoms with Gasteiger partial charge in [0.25, 0.3) is 5.91 Å². The van der Waals surface area contributed by atoms with Crippen molar-refractivity contribution in [2.24, 2.45) is 4.99 Å². The number of amides is 1. The Kier molecular flexibility index (Phi) is 4.12. The van der Waals surface area contributed by atoms with Crippen molar-refractivity contribution in [2.75, 3.05) is 6.79 Å². The highest BCUT2D eigenvalue weighted by Gasteiger charge is 2.16. The third-order valence-electron chi connectivity index (χ3n) is 4.24. The molecule has 1 aromatic heterocycles. The molecule has 0 spiro atoms. The van der Waals surface area contributed by atoms with Crippen molar-refractivity contribution in [3.05, 3.63) is 64.5 Å². The van der Waals surface area contributed by atoms with E-state index in [1.165, 1.54) is 22.5 Å². The van der Waals surface area contributed by atoms with E-state index < -0.39 is 0 Å². The van der Waals surface area contributed by atoms with Crippen LogP contribution in [0.15, 0.2) is 48.0 Å². The number of carbonyl (C=O) groups excluding carboxylic acids is 1. The molecular formula is C20H18N2O3S. The molecule has 0 unspecified atom stereocenters. The van der Waals surface area contributed by atoms with E-state index in [-0.39, 0.29) is 12.7 Å². The minimum atomic E-state index is -0.304. The van der Waals surface area contributed by atoms with Gasteiger partial charge in [0.05, 0.1) is 10.2 Å². The molecule has 1 aliphatic heterocycles. The monoisotopic (exact) mass is 366 g/mol. The Balaban J connectivity index is 1.84. The number of fused-ring (bicyclic) bond motifs is 2. The van der Waals surface area contributed by atoms with Gasteiger partial charge in [0.2, 0.25) is 6.79 Å². The molecule has 1 amide bonds. The molecule has 132 valence electrons. The van der Waals surface area contributed by atoms with Gasteiger partial charge in [-0.25, -0.2) is 0 Å². The number of thiazole rings is 1. The van der Waals surface area contributed by atoms with E-state index in [1.54, 1.807) is 18.2 Å². The maximum atomic E-state index is 12.7. The van der Waals surface area contributed by atoms with Crippen LogP contribution < -0.4 is 14.3 Å². The molecule has 0 bridgehead atoms. The standard InChI is InChI=1S/C20H18N2O3S/c1-4-7-22-15-9-12(2)8-13(3)18(15)26-20(22)21-19(23)14-5-6-16-17(10-14)25-11-24-16/h4-6,8-10H,1,7,11H2,2-3H3. The predicted octanol–water partition coefficient (Wildman–Crippen LogP) is 3.98.